The van der Waals surface area contributed by atoms with Crippen molar-refractivity contribution in [3.05, 3.63) is 64.7 Å². The lowest BCUT2D eigenvalue weighted by atomic mass is 9.95. The van der Waals surface area contributed by atoms with E-state index in [0.717, 1.165) is 17.7 Å². The molecule has 0 bridgehead atoms. The van der Waals surface area contributed by atoms with E-state index < -0.39 is 65.8 Å². The van der Waals surface area contributed by atoms with Crippen LogP contribution >= 0.6 is 0 Å². The second-order valence-corrected chi connectivity index (χ2v) is 9.74. The Kier molecular flexibility index (Phi) is 6.88. The zero-order chi connectivity index (χ0) is 28.9. The molecule has 2 atom stereocenters. The van der Waals surface area contributed by atoms with Gasteiger partial charge in [0.2, 0.25) is 11.5 Å². The molecule has 1 fully saturated rings. The number of carbonyl (C=O) groups is 4. The van der Waals surface area contributed by atoms with Crippen LogP contribution in [-0.2, 0) is 33.8 Å². The molecule has 4 rings (SSSR count). The van der Waals surface area contributed by atoms with Gasteiger partial charge < -0.3 is 20.2 Å². The maximum absolute atomic E-state index is 13.6. The van der Waals surface area contributed by atoms with Crippen molar-refractivity contribution in [2.75, 3.05) is 18.9 Å². The summed E-state index contributed by atoms with van der Waals surface area (Å²) in [4.78, 5) is 51.5. The number of carbonyl (C=O) groups excluding carboxylic acids is 4. The van der Waals surface area contributed by atoms with Gasteiger partial charge in [-0.05, 0) is 47.9 Å². The van der Waals surface area contributed by atoms with Gasteiger partial charge in [-0.25, -0.2) is 13.6 Å². The van der Waals surface area contributed by atoms with Gasteiger partial charge in [0.1, 0.15) is 23.7 Å². The van der Waals surface area contributed by atoms with Gasteiger partial charge in [-0.15, -0.1) is 0 Å². The summed E-state index contributed by atoms with van der Waals surface area (Å²) in [6.07, 6.45) is -5.00. The van der Waals surface area contributed by atoms with E-state index in [0.29, 0.717) is 16.5 Å². The van der Waals surface area contributed by atoms with E-state index in [4.69, 9.17) is 0 Å². The number of likely N-dealkylation sites (N-methyl/N-ethyl adjacent to an activating group) is 1. The zero-order valence-electron chi connectivity index (χ0n) is 20.7. The third-order valence-corrected chi connectivity index (χ3v) is 6.93. The lowest BCUT2D eigenvalue weighted by Crippen LogP contribution is -2.57. The summed E-state index contributed by atoms with van der Waals surface area (Å²) < 4.78 is 67.4. The number of hydrogen-bond acceptors (Lipinski definition) is 5. The molecule has 1 spiro atoms. The number of amides is 5. The summed E-state index contributed by atoms with van der Waals surface area (Å²) in [5, 5.41) is 14.6. The number of hydrogen-bond donors (Lipinski definition) is 3. The van der Waals surface area contributed by atoms with Gasteiger partial charge in [-0.3, -0.25) is 19.7 Å². The maximum atomic E-state index is 13.6. The molecule has 9 nitrogen and oxygen atoms in total. The van der Waals surface area contributed by atoms with Crippen molar-refractivity contribution >= 4 is 29.4 Å². The van der Waals surface area contributed by atoms with Crippen LogP contribution in [0, 0.1) is 11.6 Å². The Morgan fingerprint density at radius 3 is 2.26 bits per heavy atom. The molecule has 2 unspecified atom stereocenters. The van der Waals surface area contributed by atoms with Crippen molar-refractivity contribution in [3.8, 4) is 0 Å². The minimum absolute atomic E-state index is 0.157. The van der Waals surface area contributed by atoms with Crippen molar-refractivity contribution in [1.82, 2.24) is 15.1 Å². The van der Waals surface area contributed by atoms with Crippen LogP contribution in [0.15, 0.2) is 36.4 Å². The lowest BCUT2D eigenvalue weighted by molar-refractivity contribution is -0.250. The van der Waals surface area contributed by atoms with Crippen molar-refractivity contribution in [2.45, 2.75) is 43.6 Å². The van der Waals surface area contributed by atoms with Crippen molar-refractivity contribution in [1.29, 1.82) is 0 Å². The molecule has 0 radical (unpaired) electrons. The smallest absolute Gasteiger partial charge is 0.373 e. The molecule has 1 aliphatic carbocycles. The molecule has 2 aromatic carbocycles. The largest absolute Gasteiger partial charge is 0.426 e. The minimum Gasteiger partial charge on any atom is -0.373 e. The zero-order valence-corrected chi connectivity index (χ0v) is 20.7. The molecule has 2 aliphatic rings. The van der Waals surface area contributed by atoms with Crippen LogP contribution in [0.5, 0.6) is 0 Å². The average Bonchev–Trinajstić information content (AvgIpc) is 3.29. The van der Waals surface area contributed by atoms with E-state index in [1.54, 1.807) is 6.07 Å². The number of benzene rings is 2. The SMILES string of the molecule is CN1C(=O)NC(=O)C12Cc1ccc(NC(=O)CN(Cc3cc(F)cc(F)c3)C(=O)C(C)(O)C(F)(F)F)cc1C2. The summed E-state index contributed by atoms with van der Waals surface area (Å²) >= 11 is 0. The predicted molar refractivity (Wildman–Crippen MR) is 125 cm³/mol. The molecule has 39 heavy (non-hydrogen) atoms. The summed E-state index contributed by atoms with van der Waals surface area (Å²) in [5.74, 6) is -5.42. The predicted octanol–water partition coefficient (Wildman–Crippen LogP) is 2.26. The number of halogens is 5. The highest BCUT2D eigenvalue weighted by Gasteiger charge is 2.57. The van der Waals surface area contributed by atoms with Crippen LogP contribution in [0.25, 0.3) is 0 Å². The molecule has 5 amide bonds. The first-order valence-corrected chi connectivity index (χ1v) is 11.6. The molecule has 0 saturated carbocycles. The highest BCUT2D eigenvalue weighted by atomic mass is 19.4. The fourth-order valence-electron chi connectivity index (χ4n) is 4.70. The molecular formula is C25H23F5N4O5. The highest BCUT2D eigenvalue weighted by molar-refractivity contribution is 6.07. The summed E-state index contributed by atoms with van der Waals surface area (Å²) in [7, 11) is 1.49. The molecule has 208 valence electrons. The number of alkyl halides is 3. The van der Waals surface area contributed by atoms with Crippen LogP contribution in [-0.4, -0.2) is 69.6 Å². The van der Waals surface area contributed by atoms with E-state index in [-0.39, 0.29) is 31.0 Å². The highest BCUT2D eigenvalue weighted by Crippen LogP contribution is 2.38. The first kappa shape index (κ1) is 28.0. The number of fused-ring (bicyclic) bond motifs is 1. The first-order valence-electron chi connectivity index (χ1n) is 11.6. The maximum Gasteiger partial charge on any atom is 0.426 e. The van der Waals surface area contributed by atoms with Gasteiger partial charge in [0, 0.05) is 38.2 Å². The molecule has 2 aromatic rings. The number of nitrogens with one attached hydrogen (secondary N) is 2. The number of nitrogens with zero attached hydrogens (tertiary/aromatic N) is 2. The number of anilines is 1. The Labute approximate surface area is 218 Å². The lowest BCUT2D eigenvalue weighted by Gasteiger charge is -2.32. The van der Waals surface area contributed by atoms with E-state index in [1.807, 2.05) is 0 Å². The molecule has 1 saturated heterocycles. The topological polar surface area (TPSA) is 119 Å². The third-order valence-electron chi connectivity index (χ3n) is 6.93. The van der Waals surface area contributed by atoms with E-state index in [9.17, 15) is 46.2 Å². The van der Waals surface area contributed by atoms with E-state index >= 15 is 0 Å². The van der Waals surface area contributed by atoms with Gasteiger partial charge in [0.25, 0.3) is 11.8 Å². The standard InChI is InChI=1S/C25H23F5N4O5/c1-23(39,25(28,29)30)21(37)34(11-13-5-16(26)8-17(27)6-13)12-19(35)31-18-4-3-14-9-24(10-15(14)7-18)20(36)32-22(38)33(24)2/h3-8,39H,9-12H2,1-2H3,(H,31,35)(H,32,36,38). The van der Waals surface area contributed by atoms with Crippen LogP contribution in [0.3, 0.4) is 0 Å². The number of aliphatic hydroxyl groups is 1. The number of urea groups is 1. The quantitative estimate of drug-likeness (QED) is 0.374. The monoisotopic (exact) mass is 554 g/mol. The van der Waals surface area contributed by atoms with E-state index in [1.165, 1.54) is 24.1 Å². The van der Waals surface area contributed by atoms with Gasteiger partial charge in [-0.1, -0.05) is 6.07 Å². The average molecular weight is 554 g/mol. The van der Waals surface area contributed by atoms with Crippen LogP contribution < -0.4 is 10.6 Å². The van der Waals surface area contributed by atoms with Crippen LogP contribution in [0.1, 0.15) is 23.6 Å². The van der Waals surface area contributed by atoms with Gasteiger partial charge in [-0.2, -0.15) is 13.2 Å². The summed E-state index contributed by atoms with van der Waals surface area (Å²) in [6.45, 7) is -1.59. The first-order chi connectivity index (χ1) is 18.0. The molecular weight excluding hydrogens is 531 g/mol. The Morgan fingerprint density at radius 2 is 1.69 bits per heavy atom. The fourth-order valence-corrected chi connectivity index (χ4v) is 4.70. The Hall–Kier alpha value is -4.07. The normalized spacial score (nSPS) is 20.1. The summed E-state index contributed by atoms with van der Waals surface area (Å²) in [6, 6.07) is 6.17. The second-order valence-electron chi connectivity index (χ2n) is 9.74. The third kappa shape index (κ3) is 5.15. The second kappa shape index (κ2) is 9.59. The number of rotatable bonds is 6. The van der Waals surface area contributed by atoms with Crippen molar-refractivity contribution in [2.24, 2.45) is 0 Å². The summed E-state index contributed by atoms with van der Waals surface area (Å²) in [5.41, 5.74) is -3.66. The van der Waals surface area contributed by atoms with Crippen molar-refractivity contribution in [3.63, 3.8) is 0 Å². The molecule has 1 aliphatic heterocycles. The van der Waals surface area contributed by atoms with Gasteiger partial charge in [0.15, 0.2) is 0 Å². The molecule has 1 heterocycles. The van der Waals surface area contributed by atoms with Gasteiger partial charge >= 0.3 is 12.2 Å². The van der Waals surface area contributed by atoms with Gasteiger partial charge in [0.05, 0.1) is 0 Å². The Morgan fingerprint density at radius 1 is 1.08 bits per heavy atom. The minimum atomic E-state index is -5.40. The van der Waals surface area contributed by atoms with Crippen LogP contribution in [0.2, 0.25) is 0 Å². The van der Waals surface area contributed by atoms with Crippen molar-refractivity contribution < 1.29 is 46.2 Å². The molecule has 0 aromatic heterocycles. The molecule has 3 N–H and O–H groups in total. The Balaban J connectivity index is 1.54. The number of imide groups is 1. The fraction of sp³-hybridized carbons (Fsp3) is 0.360. The van der Waals surface area contributed by atoms with Crippen LogP contribution in [0.4, 0.5) is 32.4 Å². The van der Waals surface area contributed by atoms with E-state index in [2.05, 4.69) is 10.6 Å². The Bertz CT molecular complexity index is 1360. The molecule has 14 heteroatoms.